The average molecular weight is 188 g/mol. The fraction of sp³-hybridized carbons (Fsp3) is 0.571. The first-order valence-corrected chi connectivity index (χ1v) is 5.95. The highest BCUT2D eigenvalue weighted by Crippen LogP contribution is 2.19. The van der Waals surface area contributed by atoms with Gasteiger partial charge in [0, 0.05) is 0 Å². The number of hydrogen-bond acceptors (Lipinski definition) is 0. The van der Waals surface area contributed by atoms with Crippen LogP contribution >= 0.6 is 0 Å². The third-order valence-corrected chi connectivity index (χ3v) is 3.33. The van der Waals surface area contributed by atoms with Crippen LogP contribution in [-0.2, 0) is 12.8 Å². The summed E-state index contributed by atoms with van der Waals surface area (Å²) in [5, 5.41) is 0. The van der Waals surface area contributed by atoms with Gasteiger partial charge in [0.25, 0.3) is 0 Å². The van der Waals surface area contributed by atoms with Crippen molar-refractivity contribution in [1.29, 1.82) is 0 Å². The first-order chi connectivity index (χ1) is 6.86. The second-order valence-electron chi connectivity index (χ2n) is 4.53. The fourth-order valence-corrected chi connectivity index (χ4v) is 2.32. The number of fused-ring (bicyclic) bond motifs is 2. The first-order valence-electron chi connectivity index (χ1n) is 5.95. The summed E-state index contributed by atoms with van der Waals surface area (Å²) in [6, 6.07) is 7.04. The Balaban J connectivity index is 2.21. The van der Waals surface area contributed by atoms with Gasteiger partial charge in [-0.1, -0.05) is 37.5 Å². The molecule has 1 aromatic rings. The number of hydrogen-bond donors (Lipinski definition) is 0. The van der Waals surface area contributed by atoms with Crippen LogP contribution in [0.25, 0.3) is 0 Å². The Bertz CT molecular complexity index is 299. The molecule has 76 valence electrons. The molecule has 0 fully saturated rings. The third kappa shape index (κ3) is 2.37. The van der Waals surface area contributed by atoms with Crippen molar-refractivity contribution in [2.24, 2.45) is 0 Å². The smallest absolute Gasteiger partial charge is 0.0276 e. The van der Waals surface area contributed by atoms with Crippen molar-refractivity contribution in [3.63, 3.8) is 0 Å². The molecule has 0 heterocycles. The lowest BCUT2D eigenvalue weighted by atomic mass is 9.95. The normalized spacial score (nSPS) is 17.8. The van der Waals surface area contributed by atoms with Gasteiger partial charge in [-0.3, -0.25) is 0 Å². The van der Waals surface area contributed by atoms with Gasteiger partial charge in [0.1, 0.15) is 0 Å². The molecule has 0 amide bonds. The van der Waals surface area contributed by atoms with E-state index < -0.39 is 0 Å². The SMILES string of the molecule is Cc1ccc2cc1CCCCCCC2. The molecule has 0 radical (unpaired) electrons. The lowest BCUT2D eigenvalue weighted by molar-refractivity contribution is 0.606. The van der Waals surface area contributed by atoms with Gasteiger partial charge in [-0.05, 0) is 49.3 Å². The van der Waals surface area contributed by atoms with Crippen molar-refractivity contribution in [2.45, 2.75) is 51.9 Å². The molecule has 2 bridgehead atoms. The van der Waals surface area contributed by atoms with E-state index in [0.29, 0.717) is 0 Å². The molecule has 0 saturated carbocycles. The van der Waals surface area contributed by atoms with Gasteiger partial charge in [-0.2, -0.15) is 0 Å². The zero-order valence-electron chi connectivity index (χ0n) is 9.18. The first kappa shape index (κ1) is 9.76. The Hall–Kier alpha value is -0.780. The molecule has 0 heteroatoms. The number of aryl methyl sites for hydroxylation is 3. The van der Waals surface area contributed by atoms with E-state index in [4.69, 9.17) is 0 Å². The Kier molecular flexibility index (Phi) is 3.23. The fourth-order valence-electron chi connectivity index (χ4n) is 2.32. The molecule has 0 aromatic heterocycles. The maximum atomic E-state index is 2.43. The highest BCUT2D eigenvalue weighted by atomic mass is 14.1. The zero-order chi connectivity index (χ0) is 9.80. The van der Waals surface area contributed by atoms with Crippen molar-refractivity contribution >= 4 is 0 Å². The minimum atomic E-state index is 1.28. The van der Waals surface area contributed by atoms with Crippen LogP contribution in [0.2, 0.25) is 0 Å². The summed E-state index contributed by atoms with van der Waals surface area (Å²) in [5.74, 6) is 0. The molecule has 0 N–H and O–H groups in total. The van der Waals surface area contributed by atoms with E-state index in [-0.39, 0.29) is 0 Å². The Morgan fingerprint density at radius 1 is 0.857 bits per heavy atom. The summed E-state index contributed by atoms with van der Waals surface area (Å²) < 4.78 is 0. The molecule has 0 aliphatic heterocycles. The summed E-state index contributed by atoms with van der Waals surface area (Å²) in [6.07, 6.45) is 9.61. The van der Waals surface area contributed by atoms with Crippen LogP contribution < -0.4 is 0 Å². The van der Waals surface area contributed by atoms with Crippen LogP contribution in [0.3, 0.4) is 0 Å². The second-order valence-corrected chi connectivity index (χ2v) is 4.53. The van der Waals surface area contributed by atoms with Gasteiger partial charge in [0.15, 0.2) is 0 Å². The van der Waals surface area contributed by atoms with E-state index >= 15 is 0 Å². The summed E-state index contributed by atoms with van der Waals surface area (Å²) in [7, 11) is 0. The van der Waals surface area contributed by atoms with Crippen molar-refractivity contribution in [1.82, 2.24) is 0 Å². The minimum Gasteiger partial charge on any atom is -0.0588 e. The molecule has 1 aromatic carbocycles. The Labute approximate surface area is 87.3 Å². The van der Waals surface area contributed by atoms with Gasteiger partial charge in [0.2, 0.25) is 0 Å². The van der Waals surface area contributed by atoms with Crippen molar-refractivity contribution < 1.29 is 0 Å². The molecular weight excluding hydrogens is 168 g/mol. The van der Waals surface area contributed by atoms with Gasteiger partial charge in [-0.25, -0.2) is 0 Å². The third-order valence-electron chi connectivity index (χ3n) is 3.33. The summed E-state index contributed by atoms with van der Waals surface area (Å²) in [5.41, 5.74) is 4.62. The number of rotatable bonds is 0. The highest BCUT2D eigenvalue weighted by Gasteiger charge is 2.03. The summed E-state index contributed by atoms with van der Waals surface area (Å²) >= 11 is 0. The standard InChI is InChI=1S/C14H20/c1-12-9-10-13-7-5-3-2-4-6-8-14(12)11-13/h9-11H,2-8H2,1H3. The van der Waals surface area contributed by atoms with E-state index in [2.05, 4.69) is 25.1 Å². The van der Waals surface area contributed by atoms with Crippen LogP contribution in [0.4, 0.5) is 0 Å². The summed E-state index contributed by atoms with van der Waals surface area (Å²) in [6.45, 7) is 2.24. The second kappa shape index (κ2) is 4.63. The van der Waals surface area contributed by atoms with Crippen molar-refractivity contribution in [3.8, 4) is 0 Å². The van der Waals surface area contributed by atoms with E-state index in [1.165, 1.54) is 50.5 Å². The van der Waals surface area contributed by atoms with Crippen molar-refractivity contribution in [3.05, 3.63) is 34.9 Å². The monoisotopic (exact) mass is 188 g/mol. The maximum Gasteiger partial charge on any atom is -0.0276 e. The minimum absolute atomic E-state index is 1.28. The van der Waals surface area contributed by atoms with Gasteiger partial charge >= 0.3 is 0 Å². The lowest BCUT2D eigenvalue weighted by Crippen LogP contribution is -1.96. The van der Waals surface area contributed by atoms with Gasteiger partial charge in [-0.15, -0.1) is 0 Å². The molecule has 2 rings (SSSR count). The van der Waals surface area contributed by atoms with Crippen molar-refractivity contribution in [2.75, 3.05) is 0 Å². The zero-order valence-corrected chi connectivity index (χ0v) is 9.18. The number of benzene rings is 1. The molecule has 0 unspecified atom stereocenters. The predicted molar refractivity (Wildman–Crippen MR) is 61.7 cm³/mol. The van der Waals surface area contributed by atoms with E-state index in [0.717, 1.165) is 0 Å². The van der Waals surface area contributed by atoms with Crippen LogP contribution in [0, 0.1) is 6.92 Å². The van der Waals surface area contributed by atoms with E-state index in [9.17, 15) is 0 Å². The molecule has 14 heavy (non-hydrogen) atoms. The Morgan fingerprint density at radius 2 is 1.57 bits per heavy atom. The van der Waals surface area contributed by atoms with Gasteiger partial charge < -0.3 is 0 Å². The molecule has 1 aliphatic rings. The van der Waals surface area contributed by atoms with Crippen LogP contribution in [0.5, 0.6) is 0 Å². The van der Waals surface area contributed by atoms with E-state index in [1.54, 1.807) is 11.1 Å². The molecular formula is C14H20. The molecule has 0 saturated heterocycles. The van der Waals surface area contributed by atoms with Crippen LogP contribution in [-0.4, -0.2) is 0 Å². The average Bonchev–Trinajstić information content (AvgIpc) is 2.21. The molecule has 1 aliphatic carbocycles. The largest absolute Gasteiger partial charge is 0.0588 e. The van der Waals surface area contributed by atoms with Crippen LogP contribution in [0.1, 0.15) is 48.8 Å². The summed E-state index contributed by atoms with van der Waals surface area (Å²) in [4.78, 5) is 0. The van der Waals surface area contributed by atoms with E-state index in [1.807, 2.05) is 0 Å². The molecule has 0 spiro atoms. The maximum absolute atomic E-state index is 2.43. The quantitative estimate of drug-likeness (QED) is 0.576. The predicted octanol–water partition coefficient (Wildman–Crippen LogP) is 4.04. The Morgan fingerprint density at radius 3 is 2.43 bits per heavy atom. The molecule has 0 atom stereocenters. The highest BCUT2D eigenvalue weighted by molar-refractivity contribution is 5.31. The lowest BCUT2D eigenvalue weighted by Gasteiger charge is -2.11. The molecule has 0 nitrogen and oxygen atoms in total. The van der Waals surface area contributed by atoms with Gasteiger partial charge in [0.05, 0.1) is 0 Å². The van der Waals surface area contributed by atoms with Crippen LogP contribution in [0.15, 0.2) is 18.2 Å². The topological polar surface area (TPSA) is 0 Å².